The largest absolute Gasteiger partial charge is 0.352 e. The van der Waals surface area contributed by atoms with E-state index < -0.39 is 5.54 Å². The highest BCUT2D eigenvalue weighted by Gasteiger charge is 2.54. The molecule has 7 heteroatoms. The van der Waals surface area contributed by atoms with Crippen LogP contribution in [0.5, 0.6) is 0 Å². The number of hydrogen-bond acceptors (Lipinski definition) is 4. The summed E-state index contributed by atoms with van der Waals surface area (Å²) < 4.78 is 0. The summed E-state index contributed by atoms with van der Waals surface area (Å²) in [4.78, 5) is 44.9. The van der Waals surface area contributed by atoms with Gasteiger partial charge in [0.1, 0.15) is 12.1 Å². The van der Waals surface area contributed by atoms with Crippen molar-refractivity contribution in [2.45, 2.75) is 96.6 Å². The minimum Gasteiger partial charge on any atom is -0.352 e. The van der Waals surface area contributed by atoms with E-state index in [9.17, 15) is 14.4 Å². The fourth-order valence-electron chi connectivity index (χ4n) is 5.26. The van der Waals surface area contributed by atoms with E-state index in [1.54, 1.807) is 4.90 Å². The molecular formula is C28H44N4O3. The minimum atomic E-state index is -0.699. The number of carbonyl (C=O) groups is 3. The van der Waals surface area contributed by atoms with Crippen molar-refractivity contribution in [1.82, 2.24) is 15.1 Å². The highest BCUT2D eigenvalue weighted by atomic mass is 16.2. The fourth-order valence-corrected chi connectivity index (χ4v) is 5.26. The van der Waals surface area contributed by atoms with Crippen molar-refractivity contribution in [3.63, 3.8) is 0 Å². The van der Waals surface area contributed by atoms with E-state index in [1.807, 2.05) is 49.1 Å². The van der Waals surface area contributed by atoms with Crippen LogP contribution >= 0.6 is 0 Å². The van der Waals surface area contributed by atoms with Gasteiger partial charge >= 0.3 is 0 Å². The maximum absolute atomic E-state index is 13.7. The second-order valence-corrected chi connectivity index (χ2v) is 10.2. The summed E-state index contributed by atoms with van der Waals surface area (Å²) in [5.41, 5.74) is 0.284. The molecule has 2 heterocycles. The summed E-state index contributed by atoms with van der Waals surface area (Å²) in [6.07, 6.45) is 9.62. The number of hydrogen-bond donors (Lipinski definition) is 1. The number of para-hydroxylation sites is 1. The molecule has 7 nitrogen and oxygen atoms in total. The highest BCUT2D eigenvalue weighted by Crippen LogP contribution is 2.39. The molecule has 0 saturated carbocycles. The molecule has 0 bridgehead atoms. The van der Waals surface area contributed by atoms with E-state index in [1.165, 1.54) is 25.7 Å². The molecule has 1 atom stereocenters. The van der Waals surface area contributed by atoms with Crippen molar-refractivity contribution < 1.29 is 14.4 Å². The molecule has 0 aliphatic carbocycles. The number of unbranched alkanes of at least 4 members (excludes halogenated alkanes) is 5. The Hall–Kier alpha value is -2.57. The number of anilines is 1. The first kappa shape index (κ1) is 27.0. The van der Waals surface area contributed by atoms with Crippen molar-refractivity contribution in [3.8, 4) is 0 Å². The van der Waals surface area contributed by atoms with Gasteiger partial charge in [0, 0.05) is 31.2 Å². The van der Waals surface area contributed by atoms with Crippen LogP contribution in [0.15, 0.2) is 30.3 Å². The predicted octanol–water partition coefficient (Wildman–Crippen LogP) is 4.32. The van der Waals surface area contributed by atoms with Gasteiger partial charge in [-0.3, -0.25) is 14.4 Å². The molecular weight excluding hydrogens is 440 g/mol. The lowest BCUT2D eigenvalue weighted by Gasteiger charge is -2.43. The molecule has 1 aromatic carbocycles. The molecule has 2 fully saturated rings. The summed E-state index contributed by atoms with van der Waals surface area (Å²) >= 11 is 0. The van der Waals surface area contributed by atoms with E-state index in [4.69, 9.17) is 0 Å². The second-order valence-electron chi connectivity index (χ2n) is 10.2. The standard InChI is InChI=1S/C28H44N4O3/c1-4-6-7-8-9-13-16-26(34)30-19-17-28(18-20-30)27(35)31(21-25(33)29-23(3)5-2)22-32(28)24-14-11-10-12-15-24/h10-12,14-15,23H,4-9,13,16-22H2,1-3H3,(H,29,33). The van der Waals surface area contributed by atoms with Gasteiger partial charge in [0.25, 0.3) is 5.91 Å². The van der Waals surface area contributed by atoms with Crippen molar-refractivity contribution in [2.24, 2.45) is 0 Å². The molecule has 2 aliphatic rings. The average Bonchev–Trinajstić information content (AvgIpc) is 3.12. The van der Waals surface area contributed by atoms with E-state index in [0.717, 1.165) is 24.9 Å². The van der Waals surface area contributed by atoms with Crippen LogP contribution in [-0.2, 0) is 14.4 Å². The van der Waals surface area contributed by atoms with Crippen LogP contribution < -0.4 is 10.2 Å². The third kappa shape index (κ3) is 6.77. The normalized spacial score (nSPS) is 18.3. The fraction of sp³-hybridized carbons (Fsp3) is 0.679. The number of likely N-dealkylation sites (tertiary alicyclic amines) is 1. The molecule has 3 rings (SSSR count). The summed E-state index contributed by atoms with van der Waals surface area (Å²) in [6, 6.07) is 10.0. The van der Waals surface area contributed by atoms with E-state index in [2.05, 4.69) is 17.1 Å². The zero-order valence-corrected chi connectivity index (χ0v) is 21.9. The number of piperidine rings is 1. The van der Waals surface area contributed by atoms with Gasteiger partial charge in [-0.05, 0) is 44.7 Å². The van der Waals surface area contributed by atoms with Crippen LogP contribution in [0.3, 0.4) is 0 Å². The molecule has 1 spiro atoms. The molecule has 0 radical (unpaired) electrons. The number of amides is 3. The maximum Gasteiger partial charge on any atom is 0.250 e. The van der Waals surface area contributed by atoms with Crippen molar-refractivity contribution in [3.05, 3.63) is 30.3 Å². The second kappa shape index (κ2) is 12.9. The number of benzene rings is 1. The van der Waals surface area contributed by atoms with Gasteiger partial charge in [-0.15, -0.1) is 0 Å². The van der Waals surface area contributed by atoms with Gasteiger partial charge in [0.2, 0.25) is 11.8 Å². The quantitative estimate of drug-likeness (QED) is 0.449. The van der Waals surface area contributed by atoms with Gasteiger partial charge in [-0.25, -0.2) is 0 Å². The molecule has 0 aromatic heterocycles. The Morgan fingerprint density at radius 3 is 2.31 bits per heavy atom. The van der Waals surface area contributed by atoms with Crippen LogP contribution in [0.4, 0.5) is 5.69 Å². The van der Waals surface area contributed by atoms with Crippen molar-refractivity contribution in [1.29, 1.82) is 0 Å². The lowest BCUT2D eigenvalue weighted by Crippen LogP contribution is -2.57. The molecule has 1 N–H and O–H groups in total. The highest BCUT2D eigenvalue weighted by molar-refractivity contribution is 5.96. The Labute approximate surface area is 211 Å². The Kier molecular flexibility index (Phi) is 9.99. The summed E-state index contributed by atoms with van der Waals surface area (Å²) in [7, 11) is 0. The minimum absolute atomic E-state index is 0.00341. The number of rotatable bonds is 12. The van der Waals surface area contributed by atoms with Gasteiger partial charge < -0.3 is 20.0 Å². The summed E-state index contributed by atoms with van der Waals surface area (Å²) in [5, 5.41) is 2.98. The van der Waals surface area contributed by atoms with E-state index in [-0.39, 0.29) is 30.3 Å². The summed E-state index contributed by atoms with van der Waals surface area (Å²) in [6.45, 7) is 7.82. The first-order chi connectivity index (χ1) is 16.9. The van der Waals surface area contributed by atoms with Gasteiger partial charge in [0.15, 0.2) is 0 Å². The third-order valence-corrected chi connectivity index (χ3v) is 7.62. The molecule has 35 heavy (non-hydrogen) atoms. The maximum atomic E-state index is 13.7. The molecule has 194 valence electrons. The zero-order valence-electron chi connectivity index (χ0n) is 21.9. The Bertz CT molecular complexity index is 836. The van der Waals surface area contributed by atoms with Crippen LogP contribution in [0.1, 0.15) is 85.0 Å². The number of nitrogens with one attached hydrogen (secondary N) is 1. The smallest absolute Gasteiger partial charge is 0.250 e. The first-order valence-electron chi connectivity index (χ1n) is 13.6. The van der Waals surface area contributed by atoms with Gasteiger partial charge in [-0.1, -0.05) is 64.2 Å². The van der Waals surface area contributed by atoms with Crippen LogP contribution in [0, 0.1) is 0 Å². The Morgan fingerprint density at radius 1 is 1.00 bits per heavy atom. The molecule has 1 aromatic rings. The van der Waals surface area contributed by atoms with E-state index >= 15 is 0 Å². The topological polar surface area (TPSA) is 73.0 Å². The monoisotopic (exact) mass is 484 g/mol. The zero-order chi connectivity index (χ0) is 25.3. The first-order valence-corrected chi connectivity index (χ1v) is 13.6. The molecule has 3 amide bonds. The average molecular weight is 485 g/mol. The van der Waals surface area contributed by atoms with E-state index in [0.29, 0.717) is 39.0 Å². The van der Waals surface area contributed by atoms with Gasteiger partial charge in [0.05, 0.1) is 6.67 Å². The van der Waals surface area contributed by atoms with Crippen LogP contribution in [-0.4, -0.2) is 65.4 Å². The van der Waals surface area contributed by atoms with Crippen molar-refractivity contribution >= 4 is 23.4 Å². The molecule has 1 unspecified atom stereocenters. The van der Waals surface area contributed by atoms with Crippen LogP contribution in [0.2, 0.25) is 0 Å². The predicted molar refractivity (Wildman–Crippen MR) is 140 cm³/mol. The van der Waals surface area contributed by atoms with Crippen molar-refractivity contribution in [2.75, 3.05) is 31.2 Å². The van der Waals surface area contributed by atoms with Crippen LogP contribution in [0.25, 0.3) is 0 Å². The SMILES string of the molecule is CCCCCCCCC(=O)N1CCC2(CC1)C(=O)N(CC(=O)NC(C)CC)CN2c1ccccc1. The van der Waals surface area contributed by atoms with Gasteiger partial charge in [-0.2, -0.15) is 0 Å². The molecule has 2 aliphatic heterocycles. The molecule has 2 saturated heterocycles. The Morgan fingerprint density at radius 2 is 1.66 bits per heavy atom. The number of carbonyl (C=O) groups excluding carboxylic acids is 3. The summed E-state index contributed by atoms with van der Waals surface area (Å²) in [5.74, 6) is 0.0878. The third-order valence-electron chi connectivity index (χ3n) is 7.62. The Balaban J connectivity index is 1.63. The number of nitrogens with zero attached hydrogens (tertiary/aromatic N) is 3. The lowest BCUT2D eigenvalue weighted by atomic mass is 9.85. The lowest BCUT2D eigenvalue weighted by molar-refractivity contribution is -0.140.